The molecule has 0 saturated carbocycles. The summed E-state index contributed by atoms with van der Waals surface area (Å²) >= 11 is 0. The lowest BCUT2D eigenvalue weighted by Crippen LogP contribution is -2.50. The van der Waals surface area contributed by atoms with Crippen LogP contribution in [0, 0.1) is 0 Å². The van der Waals surface area contributed by atoms with Gasteiger partial charge in [0, 0.05) is 6.42 Å². The smallest absolute Gasteiger partial charge is 0.328 e. The summed E-state index contributed by atoms with van der Waals surface area (Å²) in [5, 5.41) is 11.0. The van der Waals surface area contributed by atoms with Crippen molar-refractivity contribution in [1.29, 1.82) is 0 Å². The van der Waals surface area contributed by atoms with Crippen LogP contribution < -0.4 is 11.1 Å². The van der Waals surface area contributed by atoms with E-state index >= 15 is 0 Å². The number of hydrogen-bond acceptors (Lipinski definition) is 7. The number of hydrogen-bond donors (Lipinski definition) is 4. The number of rotatable bonds is 7. The van der Waals surface area contributed by atoms with Gasteiger partial charge in [-0.15, -0.1) is 0 Å². The fourth-order valence-electron chi connectivity index (χ4n) is 1.74. The Balaban J connectivity index is 0.00000110. The number of carboxylic acid groups (broad SMARTS) is 1. The lowest BCUT2D eigenvalue weighted by Gasteiger charge is -2.18. The van der Waals surface area contributed by atoms with Gasteiger partial charge in [-0.25, -0.2) is 4.79 Å². The molecule has 5 N–H and O–H groups in total. The maximum Gasteiger partial charge on any atom is 0.328 e. The maximum atomic E-state index is 11.8. The fourth-order valence-corrected chi connectivity index (χ4v) is 1.74. The van der Waals surface area contributed by atoms with Crippen molar-refractivity contribution in [2.24, 2.45) is 5.73 Å². The second-order valence-electron chi connectivity index (χ2n) is 5.21. The third-order valence-electron chi connectivity index (χ3n) is 2.82. The number of nitrogens with two attached hydrogens (primary N) is 1. The molecule has 0 spiro atoms. The summed E-state index contributed by atoms with van der Waals surface area (Å²) in [6, 6.07) is 6.93. The molecule has 1 aromatic carbocycles. The maximum absolute atomic E-state index is 11.8. The molecular weight excluding hydrogens is 368 g/mol. The Hall–Kier alpha value is -2.50. The zero-order valence-electron chi connectivity index (χ0n) is 14.3. The van der Waals surface area contributed by atoms with E-state index in [-0.39, 0.29) is 6.42 Å². The van der Waals surface area contributed by atoms with Gasteiger partial charge in [-0.3, -0.25) is 14.1 Å². The number of methoxy groups -OCH3 is 1. The fraction of sp³-hybridized carbons (Fsp3) is 0.400. The van der Waals surface area contributed by atoms with E-state index in [0.717, 1.165) is 5.56 Å². The van der Waals surface area contributed by atoms with Crippen LogP contribution in [0.1, 0.15) is 12.0 Å². The number of esters is 1. The van der Waals surface area contributed by atoms with Gasteiger partial charge >= 0.3 is 11.9 Å². The number of ether oxygens (including phenoxy) is 1. The minimum Gasteiger partial charge on any atom is -0.481 e. The van der Waals surface area contributed by atoms with E-state index < -0.39 is 46.5 Å². The third-order valence-corrected chi connectivity index (χ3v) is 2.82. The first-order valence-electron chi connectivity index (χ1n) is 7.26. The second kappa shape index (κ2) is 11.2. The van der Waals surface area contributed by atoms with Gasteiger partial charge in [-0.05, 0) is 5.56 Å². The topological polar surface area (TPSA) is 173 Å². The van der Waals surface area contributed by atoms with E-state index in [0.29, 0.717) is 6.26 Å². The molecule has 11 heteroatoms. The summed E-state index contributed by atoms with van der Waals surface area (Å²) in [5.41, 5.74) is 6.29. The molecule has 1 amide bonds. The first kappa shape index (κ1) is 23.5. The summed E-state index contributed by atoms with van der Waals surface area (Å²) in [4.78, 5) is 34.0. The number of carbonyl (C=O) groups excluding carboxylic acids is 2. The molecule has 0 aliphatic rings. The molecule has 0 aliphatic carbocycles. The van der Waals surface area contributed by atoms with E-state index in [1.165, 1.54) is 7.11 Å². The quantitative estimate of drug-likeness (QED) is 0.343. The van der Waals surface area contributed by atoms with Crippen LogP contribution in [0.3, 0.4) is 0 Å². The summed E-state index contributed by atoms with van der Waals surface area (Å²) < 4.78 is 30.5. The molecule has 0 bridgehead atoms. The Morgan fingerprint density at radius 1 is 1.23 bits per heavy atom. The molecule has 26 heavy (non-hydrogen) atoms. The van der Waals surface area contributed by atoms with Crippen LogP contribution in [0.15, 0.2) is 30.3 Å². The van der Waals surface area contributed by atoms with E-state index in [2.05, 4.69) is 10.1 Å². The number of carboxylic acids is 1. The number of amides is 1. The molecule has 1 rings (SSSR count). The van der Waals surface area contributed by atoms with E-state index in [9.17, 15) is 22.8 Å². The average Bonchev–Trinajstić information content (AvgIpc) is 2.52. The van der Waals surface area contributed by atoms with Crippen LogP contribution in [0.2, 0.25) is 0 Å². The summed E-state index contributed by atoms with van der Waals surface area (Å²) in [6.07, 6.45) is 0.442. The highest BCUT2D eigenvalue weighted by Gasteiger charge is 2.25. The van der Waals surface area contributed by atoms with E-state index in [4.69, 9.17) is 15.4 Å². The minimum absolute atomic E-state index is 0.235. The molecule has 0 fully saturated rings. The monoisotopic (exact) mass is 390 g/mol. The zero-order valence-corrected chi connectivity index (χ0v) is 15.1. The molecule has 146 valence electrons. The molecule has 0 radical (unpaired) electrons. The predicted molar refractivity (Wildman–Crippen MR) is 91.8 cm³/mol. The lowest BCUT2D eigenvalue weighted by molar-refractivity contribution is -0.145. The van der Waals surface area contributed by atoms with Gasteiger partial charge in [0.05, 0.1) is 25.8 Å². The molecule has 0 heterocycles. The van der Waals surface area contributed by atoms with Crippen molar-refractivity contribution >= 4 is 28.0 Å². The van der Waals surface area contributed by atoms with Crippen molar-refractivity contribution in [3.05, 3.63) is 35.9 Å². The highest BCUT2D eigenvalue weighted by molar-refractivity contribution is 7.85. The highest BCUT2D eigenvalue weighted by atomic mass is 32.2. The van der Waals surface area contributed by atoms with Gasteiger partial charge in [0.1, 0.15) is 6.04 Å². The predicted octanol–water partition coefficient (Wildman–Crippen LogP) is -0.807. The Morgan fingerprint density at radius 3 is 2.15 bits per heavy atom. The summed E-state index contributed by atoms with van der Waals surface area (Å²) in [7, 11) is -2.45. The third kappa shape index (κ3) is 11.9. The molecular formula is C15H22N2O8S. The van der Waals surface area contributed by atoms with Gasteiger partial charge in [0.15, 0.2) is 0 Å². The van der Waals surface area contributed by atoms with Crippen LogP contribution >= 0.6 is 0 Å². The largest absolute Gasteiger partial charge is 0.481 e. The van der Waals surface area contributed by atoms with Crippen molar-refractivity contribution in [2.75, 3.05) is 13.4 Å². The van der Waals surface area contributed by atoms with E-state index in [1.807, 2.05) is 18.2 Å². The zero-order chi connectivity index (χ0) is 20.3. The van der Waals surface area contributed by atoms with Gasteiger partial charge in [-0.1, -0.05) is 30.3 Å². The highest BCUT2D eigenvalue weighted by Crippen LogP contribution is 2.05. The van der Waals surface area contributed by atoms with Crippen LogP contribution in [-0.4, -0.2) is 61.4 Å². The van der Waals surface area contributed by atoms with Crippen molar-refractivity contribution in [1.82, 2.24) is 5.32 Å². The van der Waals surface area contributed by atoms with Crippen LogP contribution in [0.25, 0.3) is 0 Å². The van der Waals surface area contributed by atoms with E-state index in [1.54, 1.807) is 12.1 Å². The van der Waals surface area contributed by atoms with Gasteiger partial charge in [-0.2, -0.15) is 8.42 Å². The summed E-state index contributed by atoms with van der Waals surface area (Å²) in [6.45, 7) is 0. The van der Waals surface area contributed by atoms with Crippen LogP contribution in [0.4, 0.5) is 0 Å². The standard InChI is InChI=1S/C14H18N2O5.CH4O3S/c1-21-14(20)11(7-9-5-3-2-4-6-9)16-13(19)10(15)8-12(17)18;1-5(2,3)4/h2-6,10-11H,7-8,15H2,1H3,(H,16,19)(H,17,18);1H3,(H,2,3,4)/t10-,11-;/m0./s1. The van der Waals surface area contributed by atoms with Crippen molar-refractivity contribution in [3.8, 4) is 0 Å². The number of carbonyl (C=O) groups is 3. The molecule has 0 saturated heterocycles. The first-order chi connectivity index (χ1) is 11.9. The number of benzene rings is 1. The van der Waals surface area contributed by atoms with Gasteiger partial charge < -0.3 is 20.9 Å². The van der Waals surface area contributed by atoms with Crippen LogP contribution in [-0.2, 0) is 35.7 Å². The normalized spacial score (nSPS) is 12.8. The molecule has 0 unspecified atom stereocenters. The average molecular weight is 390 g/mol. The molecule has 0 aliphatic heterocycles. The van der Waals surface area contributed by atoms with Gasteiger partial charge in [0.25, 0.3) is 10.1 Å². The Labute approximate surface area is 151 Å². The Morgan fingerprint density at radius 2 is 1.73 bits per heavy atom. The van der Waals surface area contributed by atoms with Crippen molar-refractivity contribution in [3.63, 3.8) is 0 Å². The second-order valence-corrected chi connectivity index (χ2v) is 6.68. The first-order valence-corrected chi connectivity index (χ1v) is 9.10. The van der Waals surface area contributed by atoms with Crippen molar-refractivity contribution in [2.45, 2.75) is 24.9 Å². The molecule has 10 nitrogen and oxygen atoms in total. The summed E-state index contributed by atoms with van der Waals surface area (Å²) in [5.74, 6) is -2.51. The molecule has 2 atom stereocenters. The molecule has 1 aromatic rings. The van der Waals surface area contributed by atoms with Crippen molar-refractivity contribution < 1.29 is 37.2 Å². The molecule has 0 aromatic heterocycles. The lowest BCUT2D eigenvalue weighted by atomic mass is 10.1. The van der Waals surface area contributed by atoms with Crippen LogP contribution in [0.5, 0.6) is 0 Å². The Kier molecular flexibility index (Phi) is 10.1. The Bertz CT molecular complexity index is 698. The number of nitrogens with one attached hydrogen (secondary N) is 1. The van der Waals surface area contributed by atoms with Gasteiger partial charge in [0.2, 0.25) is 5.91 Å². The number of aliphatic carboxylic acids is 1. The minimum atomic E-state index is -3.67. The SMILES string of the molecule is COC(=O)[C@H](Cc1ccccc1)NC(=O)[C@@H](N)CC(=O)O.CS(=O)(=O)O.